The molecule has 14 heavy (non-hydrogen) atoms. The van der Waals surface area contributed by atoms with E-state index < -0.39 is 0 Å². The molecule has 0 saturated heterocycles. The van der Waals surface area contributed by atoms with E-state index in [2.05, 4.69) is 0 Å². The van der Waals surface area contributed by atoms with E-state index in [-0.39, 0.29) is 93.8 Å². The van der Waals surface area contributed by atoms with Crippen LogP contribution in [0.1, 0.15) is 0 Å². The quantitative estimate of drug-likeness (QED) is 0.299. The number of rotatable bonds is 0. The third kappa shape index (κ3) is 14900000. The first kappa shape index (κ1) is 37.0. The van der Waals surface area contributed by atoms with Crippen LogP contribution in [0.25, 0.3) is 0 Å². The van der Waals surface area contributed by atoms with Crippen LogP contribution in [0, 0.1) is 0 Å². The Kier molecular flexibility index (Phi) is 308. The van der Waals surface area contributed by atoms with Gasteiger partial charge in [0.05, 0.1) is 0 Å². The second kappa shape index (κ2) is 117. The minimum atomic E-state index is -0.250. The molecule has 0 atom stereocenters. The zero-order valence-electron chi connectivity index (χ0n) is 6.05. The van der Waals surface area contributed by atoms with Crippen molar-refractivity contribution in [1.82, 2.24) is 0 Å². The summed E-state index contributed by atoms with van der Waals surface area (Å²) < 4.78 is 0. The molecule has 0 aromatic rings. The van der Waals surface area contributed by atoms with Crippen LogP contribution in [-0.2, 0) is 35.7 Å². The van der Waals surface area contributed by atoms with Gasteiger partial charge >= 0.3 is 51.4 Å². The number of carbonyl (C=O) groups is 4. The number of hydrogen-bond donors (Lipinski definition) is 4. The molecular weight excluding hydrogens is 274 g/mol. The van der Waals surface area contributed by atoms with Gasteiger partial charge in [-0.05, 0) is 0 Å². The Hall–Kier alpha value is 0.00987. The van der Waals surface area contributed by atoms with Crippen LogP contribution in [-0.4, -0.2) is 97.7 Å². The Morgan fingerprint density at radius 1 is 0.571 bits per heavy atom. The van der Waals surface area contributed by atoms with E-state index >= 15 is 0 Å². The van der Waals surface area contributed by atoms with E-state index in [1.54, 1.807) is 0 Å². The average Bonchev–Trinajstić information content (AvgIpc) is 1.92. The van der Waals surface area contributed by atoms with Crippen molar-refractivity contribution in [2.45, 2.75) is 0 Å². The number of carboxylic acid groups (broad SMARTS) is 4. The minimum absolute atomic E-state index is 0. The van der Waals surface area contributed by atoms with Crippen molar-refractivity contribution in [3.05, 3.63) is 0 Å². The third-order valence-electron chi connectivity index (χ3n) is 0. The van der Waals surface area contributed by atoms with Crippen LogP contribution >= 0.6 is 0 Å². The molecule has 0 spiro atoms. The summed E-state index contributed by atoms with van der Waals surface area (Å²) in [5.41, 5.74) is 0. The molecule has 0 aromatic heterocycles. The molecule has 0 aromatic carbocycles. The van der Waals surface area contributed by atoms with Gasteiger partial charge in [0.1, 0.15) is 0 Å². The molecule has 0 radical (unpaired) electrons. The maximum atomic E-state index is 8.36. The molecule has 0 heterocycles. The van der Waals surface area contributed by atoms with E-state index in [9.17, 15) is 0 Å². The second-order valence-corrected chi connectivity index (χ2v) is 0.422. The van der Waals surface area contributed by atoms with Crippen LogP contribution in [0.4, 0.5) is 0 Å². The second-order valence-electron chi connectivity index (χ2n) is 0.422. The predicted molar refractivity (Wildman–Crippen MR) is 41.9 cm³/mol. The molecule has 0 fully saturated rings. The Morgan fingerprint density at radius 3 is 0.571 bits per heavy atom. The zero-order chi connectivity index (χ0) is 10.8. The first-order valence-corrected chi connectivity index (χ1v) is 1.98. The van der Waals surface area contributed by atoms with E-state index in [4.69, 9.17) is 39.6 Å². The Morgan fingerprint density at radius 2 is 0.571 bits per heavy atom. The Labute approximate surface area is 132 Å². The van der Waals surface area contributed by atoms with E-state index in [0.29, 0.717) is 0 Å². The van der Waals surface area contributed by atoms with Gasteiger partial charge in [-0.3, -0.25) is 19.2 Å². The Bertz CT molecular complexity index is 75.3. The summed E-state index contributed by atoms with van der Waals surface area (Å²) in [5.74, 6) is 0. The first-order valence-electron chi connectivity index (χ1n) is 1.98. The summed E-state index contributed by atoms with van der Waals surface area (Å²) in [4.78, 5) is 33.4. The van der Waals surface area contributed by atoms with Crippen molar-refractivity contribution in [3.63, 3.8) is 0 Å². The van der Waals surface area contributed by atoms with Crippen molar-refractivity contribution in [2.75, 3.05) is 0 Å². The fourth-order valence-electron chi connectivity index (χ4n) is 0. The van der Waals surface area contributed by atoms with Gasteiger partial charge in [-0.2, -0.15) is 0 Å². The van der Waals surface area contributed by atoms with Gasteiger partial charge in [0.15, 0.2) is 0 Å². The molecule has 0 aliphatic heterocycles. The third-order valence-corrected chi connectivity index (χ3v) is 0. The predicted octanol–water partition coefficient (Wildman–Crippen LogP) is -1.85. The number of hydrogen-bond acceptors (Lipinski definition) is 4. The van der Waals surface area contributed by atoms with Gasteiger partial charge in [0.2, 0.25) is 0 Å². The molecule has 0 rings (SSSR count). The maximum Gasteiger partial charge on any atom is 0 e. The zero-order valence-corrected chi connectivity index (χ0v) is 7.04. The summed E-state index contributed by atoms with van der Waals surface area (Å²) in [6, 6.07) is 0. The van der Waals surface area contributed by atoms with Crippen molar-refractivity contribution in [1.29, 1.82) is 0 Å². The van der Waals surface area contributed by atoms with Crippen molar-refractivity contribution in [2.24, 2.45) is 0 Å². The fraction of sp³-hybridized carbons (Fsp3) is 0. The molecule has 0 aliphatic rings. The van der Waals surface area contributed by atoms with E-state index in [1.165, 1.54) is 0 Å². The fourth-order valence-corrected chi connectivity index (χ4v) is 0. The van der Waals surface area contributed by atoms with Gasteiger partial charge < -0.3 is 20.4 Å². The molecule has 84 valence electrons. The van der Waals surface area contributed by atoms with Gasteiger partial charge in [0, 0.05) is 16.5 Å². The van der Waals surface area contributed by atoms with E-state index in [1.807, 2.05) is 0 Å². The Balaban J connectivity index is -0.0000000145. The van der Waals surface area contributed by atoms with Crippen molar-refractivity contribution >= 4 is 77.3 Å². The van der Waals surface area contributed by atoms with Gasteiger partial charge in [0.25, 0.3) is 25.9 Å². The SMILES string of the molecule is O=CO.O=CO.O=CO.O=CO.[KH].[Ni]. The molecule has 8 nitrogen and oxygen atoms in total. The standard InChI is InChI=1S/4CH2O2.K.Ni.H/c4*2-1-3;;;/h4*1H,(H,2,3);;;. The molecule has 0 aliphatic carbocycles. The van der Waals surface area contributed by atoms with Crippen LogP contribution in [0.3, 0.4) is 0 Å². The molecule has 0 unspecified atom stereocenters. The summed E-state index contributed by atoms with van der Waals surface area (Å²) in [6.07, 6.45) is 0. The van der Waals surface area contributed by atoms with Crippen molar-refractivity contribution in [3.8, 4) is 0 Å². The summed E-state index contributed by atoms with van der Waals surface area (Å²) in [6.45, 7) is -1.00. The first-order chi connectivity index (χ1) is 5.66. The largest absolute Gasteiger partial charge is 0 e. The molecule has 0 bridgehead atoms. The summed E-state index contributed by atoms with van der Waals surface area (Å²) in [5, 5.41) is 27.6. The monoisotopic (exact) mass is 282 g/mol. The topological polar surface area (TPSA) is 149 Å². The van der Waals surface area contributed by atoms with Gasteiger partial charge in [-0.25, -0.2) is 0 Å². The van der Waals surface area contributed by atoms with Gasteiger partial charge in [-0.15, -0.1) is 0 Å². The molecule has 10 heteroatoms. The smallest absolute Gasteiger partial charge is 0 e. The summed E-state index contributed by atoms with van der Waals surface area (Å²) >= 11 is 0. The summed E-state index contributed by atoms with van der Waals surface area (Å²) in [7, 11) is 0. The normalized spacial score (nSPS) is 3.43. The molecule has 0 saturated carbocycles. The van der Waals surface area contributed by atoms with Crippen LogP contribution in [0.5, 0.6) is 0 Å². The van der Waals surface area contributed by atoms with Crippen LogP contribution in [0.2, 0.25) is 0 Å². The van der Waals surface area contributed by atoms with E-state index in [0.717, 1.165) is 0 Å². The average molecular weight is 283 g/mol. The molecular formula is C4H9KNiO8. The molecule has 4 N–H and O–H groups in total. The molecule has 0 amide bonds. The maximum absolute atomic E-state index is 8.36. The van der Waals surface area contributed by atoms with Gasteiger partial charge in [-0.1, -0.05) is 0 Å². The van der Waals surface area contributed by atoms with Crippen LogP contribution < -0.4 is 0 Å². The minimum Gasteiger partial charge on any atom is 0 e. The van der Waals surface area contributed by atoms with Crippen LogP contribution in [0.15, 0.2) is 0 Å². The van der Waals surface area contributed by atoms with Crippen molar-refractivity contribution < 1.29 is 56.1 Å².